The van der Waals surface area contributed by atoms with Gasteiger partial charge in [0.25, 0.3) is 0 Å². The Hall–Kier alpha value is -1.01. The Morgan fingerprint density at radius 1 is 1.38 bits per heavy atom. The van der Waals surface area contributed by atoms with Gasteiger partial charge in [0, 0.05) is 6.04 Å². The van der Waals surface area contributed by atoms with E-state index in [1.165, 1.54) is 12.8 Å². The number of nitrogens with zero attached hydrogens (tertiary/aromatic N) is 1. The average molecular weight is 178 g/mol. The summed E-state index contributed by atoms with van der Waals surface area (Å²) in [6, 6.07) is 0.569. The van der Waals surface area contributed by atoms with Gasteiger partial charge in [-0.15, -0.1) is 6.42 Å². The monoisotopic (exact) mass is 178 g/mol. The van der Waals surface area contributed by atoms with E-state index >= 15 is 0 Å². The number of hydrogen-bond acceptors (Lipinski definition) is 2. The van der Waals surface area contributed by atoms with Crippen LogP contribution in [0.2, 0.25) is 0 Å². The molecule has 1 amide bonds. The van der Waals surface area contributed by atoms with E-state index in [4.69, 9.17) is 12.2 Å². The predicted octanol–water partition coefficient (Wildman–Crippen LogP) is 0.100. The van der Waals surface area contributed by atoms with E-state index in [1.807, 2.05) is 0 Å². The second-order valence-electron chi connectivity index (χ2n) is 3.86. The summed E-state index contributed by atoms with van der Waals surface area (Å²) in [5.74, 6) is 2.52. The predicted molar refractivity (Wildman–Crippen MR) is 49.7 cm³/mol. The molecule has 2 N–H and O–H groups in total. The van der Waals surface area contributed by atoms with Crippen molar-refractivity contribution < 1.29 is 4.79 Å². The molecule has 2 rings (SSSR count). The van der Waals surface area contributed by atoms with Crippen molar-refractivity contribution in [1.82, 2.24) is 4.90 Å². The molecule has 2 aliphatic rings. The van der Waals surface area contributed by atoms with Crippen LogP contribution >= 0.6 is 0 Å². The van der Waals surface area contributed by atoms with Gasteiger partial charge >= 0.3 is 0 Å². The first-order valence-corrected chi connectivity index (χ1v) is 4.77. The fourth-order valence-electron chi connectivity index (χ4n) is 2.17. The minimum absolute atomic E-state index is 0.103. The SMILES string of the molecule is C#CC1CCC(C(N)=O)N1C1CC1. The van der Waals surface area contributed by atoms with E-state index in [2.05, 4.69) is 10.8 Å². The fourth-order valence-corrected chi connectivity index (χ4v) is 2.17. The molecule has 1 saturated carbocycles. The van der Waals surface area contributed by atoms with E-state index in [9.17, 15) is 4.79 Å². The molecule has 0 bridgehead atoms. The fraction of sp³-hybridized carbons (Fsp3) is 0.700. The highest BCUT2D eigenvalue weighted by atomic mass is 16.1. The van der Waals surface area contributed by atoms with Crippen molar-refractivity contribution in [3.63, 3.8) is 0 Å². The van der Waals surface area contributed by atoms with Crippen molar-refractivity contribution >= 4 is 5.91 Å². The smallest absolute Gasteiger partial charge is 0.234 e. The molecule has 1 heterocycles. The largest absolute Gasteiger partial charge is 0.368 e. The lowest BCUT2D eigenvalue weighted by Gasteiger charge is -2.25. The lowest BCUT2D eigenvalue weighted by Crippen LogP contribution is -2.44. The lowest BCUT2D eigenvalue weighted by atomic mass is 10.2. The number of carbonyl (C=O) groups is 1. The molecule has 0 radical (unpaired) electrons. The minimum Gasteiger partial charge on any atom is -0.368 e. The van der Waals surface area contributed by atoms with Crippen LogP contribution in [-0.4, -0.2) is 28.9 Å². The molecule has 2 unspecified atom stereocenters. The van der Waals surface area contributed by atoms with Gasteiger partial charge in [-0.1, -0.05) is 5.92 Å². The maximum atomic E-state index is 11.1. The van der Waals surface area contributed by atoms with Gasteiger partial charge in [0.1, 0.15) is 0 Å². The highest BCUT2D eigenvalue weighted by Gasteiger charge is 2.44. The number of primary amides is 1. The molecule has 0 aromatic carbocycles. The molecule has 2 atom stereocenters. The molecule has 0 spiro atoms. The second kappa shape index (κ2) is 3.04. The first kappa shape index (κ1) is 8.58. The molecule has 13 heavy (non-hydrogen) atoms. The number of rotatable bonds is 2. The summed E-state index contributed by atoms with van der Waals surface area (Å²) in [7, 11) is 0. The summed E-state index contributed by atoms with van der Waals surface area (Å²) in [6.07, 6.45) is 9.50. The second-order valence-corrected chi connectivity index (χ2v) is 3.86. The van der Waals surface area contributed by atoms with Crippen molar-refractivity contribution in [2.45, 2.75) is 43.8 Å². The van der Waals surface area contributed by atoms with Crippen molar-refractivity contribution in [2.24, 2.45) is 5.73 Å². The zero-order valence-electron chi connectivity index (χ0n) is 7.57. The van der Waals surface area contributed by atoms with Crippen LogP contribution in [0.25, 0.3) is 0 Å². The van der Waals surface area contributed by atoms with Crippen LogP contribution in [-0.2, 0) is 4.79 Å². The molecular formula is C10H14N2O. The number of carbonyl (C=O) groups excluding carboxylic acids is 1. The Kier molecular flexibility index (Phi) is 2.01. The molecule has 0 aromatic heterocycles. The zero-order valence-corrected chi connectivity index (χ0v) is 7.57. The third kappa shape index (κ3) is 1.42. The standard InChI is InChI=1S/C10H14N2O/c1-2-7-5-6-9(10(11)13)12(7)8-3-4-8/h1,7-9H,3-6H2,(H2,11,13). The van der Waals surface area contributed by atoms with Crippen molar-refractivity contribution in [3.8, 4) is 12.3 Å². The number of likely N-dealkylation sites (tertiary alicyclic amines) is 1. The molecule has 0 aromatic rings. The Morgan fingerprint density at radius 2 is 2.08 bits per heavy atom. The van der Waals surface area contributed by atoms with Crippen LogP contribution < -0.4 is 5.73 Å². The molecule has 1 saturated heterocycles. The summed E-state index contributed by atoms with van der Waals surface area (Å²) in [5, 5.41) is 0. The molecule has 1 aliphatic heterocycles. The Bertz CT molecular complexity index is 265. The number of terminal acetylenes is 1. The molecule has 70 valence electrons. The van der Waals surface area contributed by atoms with Crippen molar-refractivity contribution in [1.29, 1.82) is 0 Å². The van der Waals surface area contributed by atoms with Gasteiger partial charge in [-0.3, -0.25) is 9.69 Å². The van der Waals surface area contributed by atoms with E-state index < -0.39 is 0 Å². The lowest BCUT2D eigenvalue weighted by molar-refractivity contribution is -0.122. The maximum absolute atomic E-state index is 11.1. The topological polar surface area (TPSA) is 46.3 Å². The van der Waals surface area contributed by atoms with Gasteiger partial charge in [0.2, 0.25) is 5.91 Å². The molecular weight excluding hydrogens is 164 g/mol. The summed E-state index contributed by atoms with van der Waals surface area (Å²) >= 11 is 0. The highest BCUT2D eigenvalue weighted by molar-refractivity contribution is 5.80. The average Bonchev–Trinajstić information content (AvgIpc) is 2.84. The molecule has 1 aliphatic carbocycles. The highest BCUT2D eigenvalue weighted by Crippen LogP contribution is 2.36. The van der Waals surface area contributed by atoms with Gasteiger partial charge < -0.3 is 5.73 Å². The van der Waals surface area contributed by atoms with Gasteiger partial charge in [-0.25, -0.2) is 0 Å². The van der Waals surface area contributed by atoms with E-state index in [0.717, 1.165) is 12.8 Å². The summed E-state index contributed by atoms with van der Waals surface area (Å²) in [4.78, 5) is 13.3. The van der Waals surface area contributed by atoms with Gasteiger partial charge in [0.15, 0.2) is 0 Å². The first-order chi connectivity index (χ1) is 6.24. The van der Waals surface area contributed by atoms with Crippen LogP contribution in [0.1, 0.15) is 25.7 Å². The number of nitrogens with two attached hydrogens (primary N) is 1. The van der Waals surface area contributed by atoms with Crippen molar-refractivity contribution in [2.75, 3.05) is 0 Å². The number of hydrogen-bond donors (Lipinski definition) is 1. The Labute approximate surface area is 78.3 Å². The maximum Gasteiger partial charge on any atom is 0.234 e. The van der Waals surface area contributed by atoms with Crippen LogP contribution in [0.4, 0.5) is 0 Å². The first-order valence-electron chi connectivity index (χ1n) is 4.77. The molecule has 3 heteroatoms. The summed E-state index contributed by atoms with van der Waals surface area (Å²) in [5.41, 5.74) is 5.32. The minimum atomic E-state index is -0.218. The Morgan fingerprint density at radius 3 is 2.54 bits per heavy atom. The van der Waals surface area contributed by atoms with Crippen LogP contribution in [0.5, 0.6) is 0 Å². The zero-order chi connectivity index (χ0) is 9.42. The van der Waals surface area contributed by atoms with Crippen molar-refractivity contribution in [3.05, 3.63) is 0 Å². The third-order valence-corrected chi connectivity index (χ3v) is 2.92. The van der Waals surface area contributed by atoms with Crippen LogP contribution in [0.15, 0.2) is 0 Å². The Balaban J connectivity index is 2.13. The molecule has 2 fully saturated rings. The van der Waals surface area contributed by atoms with Gasteiger partial charge in [-0.05, 0) is 25.7 Å². The van der Waals surface area contributed by atoms with Gasteiger partial charge in [0.05, 0.1) is 12.1 Å². The van der Waals surface area contributed by atoms with E-state index in [-0.39, 0.29) is 18.0 Å². The van der Waals surface area contributed by atoms with Crippen LogP contribution in [0, 0.1) is 12.3 Å². The quantitative estimate of drug-likeness (QED) is 0.610. The van der Waals surface area contributed by atoms with Crippen LogP contribution in [0.3, 0.4) is 0 Å². The van der Waals surface area contributed by atoms with E-state index in [0.29, 0.717) is 6.04 Å². The third-order valence-electron chi connectivity index (χ3n) is 2.92. The summed E-state index contributed by atoms with van der Waals surface area (Å²) < 4.78 is 0. The van der Waals surface area contributed by atoms with E-state index in [1.54, 1.807) is 0 Å². The molecule has 3 nitrogen and oxygen atoms in total. The summed E-state index contributed by atoms with van der Waals surface area (Å²) in [6.45, 7) is 0. The normalized spacial score (nSPS) is 34.4. The van der Waals surface area contributed by atoms with Gasteiger partial charge in [-0.2, -0.15) is 0 Å². The number of amides is 1.